The van der Waals surface area contributed by atoms with Gasteiger partial charge >= 0.3 is 5.97 Å². The number of methoxy groups -OCH3 is 1. The number of halogens is 4. The molecule has 4 aromatic rings. The number of hydrogen-bond donors (Lipinski definition) is 1. The SMILES string of the molecule is COc1cc(C(C)(C)c2cnc(SCc3c(F)cc(S(=O)(=O)N4CCC(C[N+](C)(C)C)(C(=O)O)CC4)cc3F)n2-c2ccc(F)cc2)ccc1Cl. The molecule has 0 radical (unpaired) electrons. The van der Waals surface area contributed by atoms with Crippen molar-refractivity contribution < 1.29 is 40.7 Å². The highest BCUT2D eigenvalue weighted by Gasteiger charge is 2.47. The first-order chi connectivity index (χ1) is 23.8. The van der Waals surface area contributed by atoms with Gasteiger partial charge in [-0.25, -0.2) is 26.6 Å². The Morgan fingerprint density at radius 2 is 1.65 bits per heavy atom. The van der Waals surface area contributed by atoms with Crippen LogP contribution in [0.15, 0.2) is 70.8 Å². The van der Waals surface area contributed by atoms with Gasteiger partial charge in [-0.15, -0.1) is 0 Å². The lowest BCUT2D eigenvalue weighted by atomic mass is 9.78. The summed E-state index contributed by atoms with van der Waals surface area (Å²) in [4.78, 5) is 16.3. The molecule has 0 atom stereocenters. The van der Waals surface area contributed by atoms with E-state index in [9.17, 15) is 22.7 Å². The topological polar surface area (TPSA) is 102 Å². The number of benzene rings is 3. The molecule has 1 aromatic heterocycles. The lowest BCUT2D eigenvalue weighted by molar-refractivity contribution is -0.876. The minimum Gasteiger partial charge on any atom is -0.495 e. The molecule has 0 aliphatic carbocycles. The van der Waals surface area contributed by atoms with Crippen LogP contribution in [-0.4, -0.2) is 85.7 Å². The van der Waals surface area contributed by atoms with E-state index < -0.39 is 49.2 Å². The molecule has 2 heterocycles. The zero-order valence-corrected chi connectivity index (χ0v) is 31.6. The number of sulfonamides is 1. The molecule has 51 heavy (non-hydrogen) atoms. The number of thioether (sulfide) groups is 1. The third-order valence-electron chi connectivity index (χ3n) is 9.34. The second-order valence-electron chi connectivity index (χ2n) is 14.3. The highest BCUT2D eigenvalue weighted by atomic mass is 35.5. The lowest BCUT2D eigenvalue weighted by Gasteiger charge is -2.41. The summed E-state index contributed by atoms with van der Waals surface area (Å²) in [6.45, 7) is 4.05. The maximum Gasteiger partial charge on any atom is 0.315 e. The molecule has 3 aromatic carbocycles. The highest BCUT2D eigenvalue weighted by molar-refractivity contribution is 7.98. The van der Waals surface area contributed by atoms with Crippen molar-refractivity contribution in [2.75, 3.05) is 47.9 Å². The van der Waals surface area contributed by atoms with Gasteiger partial charge in [-0.05, 0) is 66.9 Å². The van der Waals surface area contributed by atoms with Gasteiger partial charge in [0.15, 0.2) is 5.16 Å². The zero-order valence-electron chi connectivity index (χ0n) is 29.2. The van der Waals surface area contributed by atoms with E-state index in [0.29, 0.717) is 38.3 Å². The quantitative estimate of drug-likeness (QED) is 0.121. The second kappa shape index (κ2) is 14.5. The molecule has 274 valence electrons. The zero-order chi connectivity index (χ0) is 37.5. The normalized spacial score (nSPS) is 15.6. The van der Waals surface area contributed by atoms with Crippen LogP contribution in [0.5, 0.6) is 5.75 Å². The van der Waals surface area contributed by atoms with Crippen molar-refractivity contribution in [2.45, 2.75) is 47.9 Å². The van der Waals surface area contributed by atoms with Crippen molar-refractivity contribution >= 4 is 39.4 Å². The minimum atomic E-state index is -4.32. The number of carboxylic acid groups (broad SMARTS) is 1. The molecule has 1 aliphatic heterocycles. The third-order valence-corrected chi connectivity index (χ3v) is 12.5. The largest absolute Gasteiger partial charge is 0.495 e. The summed E-state index contributed by atoms with van der Waals surface area (Å²) in [5, 5.41) is 10.8. The average Bonchev–Trinajstić information content (AvgIpc) is 3.49. The van der Waals surface area contributed by atoms with E-state index in [2.05, 4.69) is 4.98 Å². The maximum absolute atomic E-state index is 15.6. The Morgan fingerprint density at radius 3 is 2.20 bits per heavy atom. The van der Waals surface area contributed by atoms with E-state index in [1.165, 1.54) is 19.2 Å². The van der Waals surface area contributed by atoms with E-state index in [0.717, 1.165) is 33.8 Å². The Labute approximate surface area is 305 Å². The van der Waals surface area contributed by atoms with Crippen molar-refractivity contribution in [1.82, 2.24) is 13.9 Å². The summed E-state index contributed by atoms with van der Waals surface area (Å²) in [5.41, 5.74) is -0.0563. The van der Waals surface area contributed by atoms with Gasteiger partial charge in [0, 0.05) is 35.5 Å². The summed E-state index contributed by atoms with van der Waals surface area (Å²) >= 11 is 7.31. The molecule has 5 rings (SSSR count). The Balaban J connectivity index is 1.42. The predicted octanol–water partition coefficient (Wildman–Crippen LogP) is 7.13. The smallest absolute Gasteiger partial charge is 0.315 e. The van der Waals surface area contributed by atoms with E-state index in [1.807, 2.05) is 47.1 Å². The standard InChI is InChI=1S/C36H40ClF3N4O5S2/c1-35(2,23-7-12-28(37)31(17-23)49-6)32-20-41-34(43(32)25-10-8-24(38)9-11-25)50-21-27-29(39)18-26(19-30(27)40)51(47,48)42-15-13-36(14-16-42,33(45)46)22-44(3,4)5/h7-12,17-20H,13-16,21-22H2,1-6H3/p+1. The molecule has 1 aliphatic rings. The van der Waals surface area contributed by atoms with Crippen molar-refractivity contribution in [3.05, 3.63) is 100 Å². The van der Waals surface area contributed by atoms with E-state index in [1.54, 1.807) is 29.0 Å². The number of quaternary nitrogens is 1. The van der Waals surface area contributed by atoms with Gasteiger partial charge in [-0.3, -0.25) is 9.36 Å². The molecule has 0 unspecified atom stereocenters. The summed E-state index contributed by atoms with van der Waals surface area (Å²) in [6, 6.07) is 12.8. The molecule has 1 fully saturated rings. The van der Waals surface area contributed by atoms with Gasteiger partial charge in [-0.2, -0.15) is 4.31 Å². The number of aliphatic carboxylic acids is 1. The monoisotopic (exact) mass is 765 g/mol. The van der Waals surface area contributed by atoms with Crippen LogP contribution in [0.2, 0.25) is 5.02 Å². The summed E-state index contributed by atoms with van der Waals surface area (Å²) < 4.78 is 80.9. The number of piperidine rings is 1. The lowest BCUT2D eigenvalue weighted by Crippen LogP contribution is -2.54. The fraction of sp³-hybridized carbons (Fsp3) is 0.389. The highest BCUT2D eigenvalue weighted by Crippen LogP contribution is 2.40. The minimum absolute atomic E-state index is 0.0713. The molecular formula is C36H41ClF3N4O5S2+. The molecule has 0 amide bonds. The number of aromatic nitrogens is 2. The van der Waals surface area contributed by atoms with E-state index >= 15 is 8.78 Å². The van der Waals surface area contributed by atoms with Crippen LogP contribution in [0.25, 0.3) is 5.69 Å². The fourth-order valence-electron chi connectivity index (χ4n) is 6.57. The van der Waals surface area contributed by atoms with Gasteiger partial charge in [0.2, 0.25) is 10.0 Å². The van der Waals surface area contributed by atoms with Crippen molar-refractivity contribution in [3.63, 3.8) is 0 Å². The van der Waals surface area contributed by atoms with Gasteiger partial charge in [0.1, 0.15) is 28.6 Å². The van der Waals surface area contributed by atoms with Crippen LogP contribution in [-0.2, 0) is 26.0 Å². The average molecular weight is 766 g/mol. The Hall–Kier alpha value is -3.56. The van der Waals surface area contributed by atoms with Crippen molar-refractivity contribution in [2.24, 2.45) is 5.41 Å². The molecule has 9 nitrogen and oxygen atoms in total. The van der Waals surface area contributed by atoms with Crippen LogP contribution < -0.4 is 4.74 Å². The van der Waals surface area contributed by atoms with Crippen LogP contribution in [0.1, 0.15) is 43.5 Å². The van der Waals surface area contributed by atoms with Crippen LogP contribution in [0.3, 0.4) is 0 Å². The Morgan fingerprint density at radius 1 is 1.04 bits per heavy atom. The summed E-state index contributed by atoms with van der Waals surface area (Å²) in [7, 11) is 2.80. The summed E-state index contributed by atoms with van der Waals surface area (Å²) in [6.07, 6.45) is 1.79. The van der Waals surface area contributed by atoms with Crippen molar-refractivity contribution in [3.8, 4) is 11.4 Å². The van der Waals surface area contributed by atoms with E-state index in [4.69, 9.17) is 16.3 Å². The first kappa shape index (κ1) is 38.7. The van der Waals surface area contributed by atoms with E-state index in [-0.39, 0.29) is 37.2 Å². The first-order valence-electron chi connectivity index (χ1n) is 16.1. The Bertz CT molecular complexity index is 2020. The molecule has 0 saturated carbocycles. The molecule has 15 heteroatoms. The van der Waals surface area contributed by atoms with Gasteiger partial charge in [-0.1, -0.05) is 43.3 Å². The molecule has 1 saturated heterocycles. The van der Waals surface area contributed by atoms with Gasteiger partial charge in [0.05, 0.1) is 56.6 Å². The van der Waals surface area contributed by atoms with Gasteiger partial charge < -0.3 is 14.3 Å². The predicted molar refractivity (Wildman–Crippen MR) is 191 cm³/mol. The Kier molecular flexibility index (Phi) is 11.0. The number of carboxylic acids is 1. The number of ether oxygens (including phenoxy) is 1. The first-order valence-corrected chi connectivity index (χ1v) is 18.9. The van der Waals surface area contributed by atoms with Crippen molar-refractivity contribution in [1.29, 1.82) is 0 Å². The number of rotatable bonds is 12. The van der Waals surface area contributed by atoms with Crippen LogP contribution in [0, 0.1) is 22.9 Å². The fourth-order valence-corrected chi connectivity index (χ4v) is 9.24. The number of imidazole rings is 1. The van der Waals surface area contributed by atoms with Crippen LogP contribution in [0.4, 0.5) is 13.2 Å². The molecular weight excluding hydrogens is 725 g/mol. The number of carbonyl (C=O) groups is 1. The molecule has 1 N–H and O–H groups in total. The third kappa shape index (κ3) is 7.95. The maximum atomic E-state index is 15.6. The summed E-state index contributed by atoms with van der Waals surface area (Å²) in [5.74, 6) is -3.28. The van der Waals surface area contributed by atoms with Gasteiger partial charge in [0.25, 0.3) is 0 Å². The molecule has 0 bridgehead atoms. The second-order valence-corrected chi connectivity index (χ2v) is 17.6. The van der Waals surface area contributed by atoms with Crippen LogP contribution >= 0.6 is 23.4 Å². The molecule has 0 spiro atoms. The number of hydrogen-bond acceptors (Lipinski definition) is 6. The number of nitrogens with zero attached hydrogens (tertiary/aromatic N) is 4.